The van der Waals surface area contributed by atoms with Gasteiger partial charge in [0.15, 0.2) is 0 Å². The summed E-state index contributed by atoms with van der Waals surface area (Å²) in [6.45, 7) is 0. The molecule has 4 aromatic rings. The fraction of sp³-hybridized carbons (Fsp3) is 0.0385. The first-order valence-electron chi connectivity index (χ1n) is 9.99. The number of carbonyl (C=O) groups is 1. The van der Waals surface area contributed by atoms with E-state index in [0.29, 0.717) is 21.3 Å². The molecule has 7 heteroatoms. The van der Waals surface area contributed by atoms with Crippen molar-refractivity contribution in [3.05, 3.63) is 101 Å². The molecule has 0 unspecified atom stereocenters. The van der Waals surface area contributed by atoms with Gasteiger partial charge in [-0.15, -0.1) is 0 Å². The first-order chi connectivity index (χ1) is 16.1. The normalized spacial score (nSPS) is 10.5. The molecule has 0 saturated carbocycles. The Bertz CT molecular complexity index is 1340. The molecule has 1 N–H and O–H groups in total. The first kappa shape index (κ1) is 22.9. The van der Waals surface area contributed by atoms with Crippen molar-refractivity contribution in [3.63, 3.8) is 0 Å². The smallest absolute Gasteiger partial charge is 0.234 e. The zero-order valence-corrected chi connectivity index (χ0v) is 19.6. The predicted octanol–water partition coefficient (Wildman–Crippen LogP) is 7.32. The molecule has 1 amide bonds. The van der Waals surface area contributed by atoms with Gasteiger partial charge in [0.2, 0.25) is 5.91 Å². The quantitative estimate of drug-likeness (QED) is 0.288. The number of hydrogen-bond donors (Lipinski definition) is 1. The molecule has 0 atom stereocenters. The molecule has 0 aliphatic rings. The maximum atomic E-state index is 12.6. The number of thioether (sulfide) groups is 1. The Morgan fingerprint density at radius 2 is 1.61 bits per heavy atom. The van der Waals surface area contributed by atoms with Crippen LogP contribution in [0, 0.1) is 11.3 Å². The minimum absolute atomic E-state index is 0.0526. The highest BCUT2D eigenvalue weighted by molar-refractivity contribution is 8.00. The number of benzene rings is 3. The second-order valence-corrected chi connectivity index (χ2v) is 8.77. The van der Waals surface area contributed by atoms with E-state index in [2.05, 4.69) is 11.4 Å². The Morgan fingerprint density at radius 1 is 0.939 bits per heavy atom. The summed E-state index contributed by atoms with van der Waals surface area (Å²) in [5, 5.41) is 13.9. The molecule has 1 heterocycles. The lowest BCUT2D eigenvalue weighted by atomic mass is 9.99. The third kappa shape index (κ3) is 5.37. The molecule has 0 spiro atoms. The summed E-state index contributed by atoms with van der Waals surface area (Å²) in [6, 6.07) is 28.7. The van der Waals surface area contributed by atoms with E-state index in [1.807, 2.05) is 66.7 Å². The van der Waals surface area contributed by atoms with Crippen molar-refractivity contribution in [2.24, 2.45) is 0 Å². The van der Waals surface area contributed by atoms with Gasteiger partial charge in [-0.3, -0.25) is 4.79 Å². The van der Waals surface area contributed by atoms with E-state index in [9.17, 15) is 10.1 Å². The molecule has 0 radical (unpaired) electrons. The molecule has 0 bridgehead atoms. The molecule has 33 heavy (non-hydrogen) atoms. The third-order valence-corrected chi connectivity index (χ3v) is 6.61. The fourth-order valence-corrected chi connectivity index (χ4v) is 4.41. The van der Waals surface area contributed by atoms with E-state index in [1.165, 1.54) is 11.8 Å². The number of hydrogen-bond acceptors (Lipinski definition) is 4. The summed E-state index contributed by atoms with van der Waals surface area (Å²) in [7, 11) is 0. The molecule has 4 rings (SSSR count). The van der Waals surface area contributed by atoms with Crippen molar-refractivity contribution < 1.29 is 4.79 Å². The SMILES string of the molecule is N#Cc1c(-c2ccccc2)cc(-c2ccccc2)nc1SCC(=O)Nc1cccc(Cl)c1Cl. The van der Waals surface area contributed by atoms with Crippen LogP contribution in [0.2, 0.25) is 10.0 Å². The monoisotopic (exact) mass is 489 g/mol. The number of nitrogens with zero attached hydrogens (tertiary/aromatic N) is 2. The van der Waals surface area contributed by atoms with Crippen LogP contribution in [0.5, 0.6) is 0 Å². The average molecular weight is 490 g/mol. The molecule has 162 valence electrons. The van der Waals surface area contributed by atoms with Gasteiger partial charge < -0.3 is 5.32 Å². The molecule has 0 aliphatic heterocycles. The summed E-state index contributed by atoms with van der Waals surface area (Å²) in [5.74, 6) is -0.224. The number of halogens is 2. The lowest BCUT2D eigenvalue weighted by Gasteiger charge is -2.13. The minimum Gasteiger partial charge on any atom is -0.324 e. The summed E-state index contributed by atoms with van der Waals surface area (Å²) >= 11 is 13.4. The van der Waals surface area contributed by atoms with Gasteiger partial charge in [0.25, 0.3) is 0 Å². The van der Waals surface area contributed by atoms with Crippen LogP contribution in [0.25, 0.3) is 22.4 Å². The van der Waals surface area contributed by atoms with E-state index in [4.69, 9.17) is 28.2 Å². The summed E-state index contributed by atoms with van der Waals surface area (Å²) < 4.78 is 0. The van der Waals surface area contributed by atoms with Crippen molar-refractivity contribution in [2.45, 2.75) is 5.03 Å². The number of rotatable bonds is 6. The maximum absolute atomic E-state index is 12.6. The maximum Gasteiger partial charge on any atom is 0.234 e. The molecule has 1 aromatic heterocycles. The van der Waals surface area contributed by atoms with Crippen LogP contribution in [-0.2, 0) is 4.79 Å². The molecule has 3 aromatic carbocycles. The highest BCUT2D eigenvalue weighted by atomic mass is 35.5. The number of aromatic nitrogens is 1. The van der Waals surface area contributed by atoms with Crippen molar-refractivity contribution in [1.29, 1.82) is 5.26 Å². The zero-order chi connectivity index (χ0) is 23.2. The Balaban J connectivity index is 1.67. The number of nitriles is 1. The fourth-order valence-electron chi connectivity index (χ4n) is 3.26. The van der Waals surface area contributed by atoms with Gasteiger partial charge >= 0.3 is 0 Å². The van der Waals surface area contributed by atoms with Crippen LogP contribution in [0.1, 0.15) is 5.56 Å². The molecule has 0 saturated heterocycles. The van der Waals surface area contributed by atoms with Crippen molar-refractivity contribution in [3.8, 4) is 28.5 Å². The van der Waals surface area contributed by atoms with Crippen LogP contribution in [0.15, 0.2) is 90.0 Å². The van der Waals surface area contributed by atoms with Crippen LogP contribution >= 0.6 is 35.0 Å². The lowest BCUT2D eigenvalue weighted by molar-refractivity contribution is -0.113. The van der Waals surface area contributed by atoms with Gasteiger partial charge in [0.1, 0.15) is 11.1 Å². The Hall–Kier alpha value is -3.30. The Morgan fingerprint density at radius 3 is 2.27 bits per heavy atom. The average Bonchev–Trinajstić information content (AvgIpc) is 2.86. The van der Waals surface area contributed by atoms with Crippen molar-refractivity contribution >= 4 is 46.6 Å². The van der Waals surface area contributed by atoms with Gasteiger partial charge in [-0.2, -0.15) is 5.26 Å². The van der Waals surface area contributed by atoms with Crippen molar-refractivity contribution in [1.82, 2.24) is 4.98 Å². The van der Waals surface area contributed by atoms with E-state index < -0.39 is 0 Å². The first-order valence-corrected chi connectivity index (χ1v) is 11.7. The van der Waals surface area contributed by atoms with Gasteiger partial charge in [-0.25, -0.2) is 4.98 Å². The van der Waals surface area contributed by atoms with Crippen molar-refractivity contribution in [2.75, 3.05) is 11.1 Å². The zero-order valence-electron chi connectivity index (χ0n) is 17.3. The molecule has 4 nitrogen and oxygen atoms in total. The van der Waals surface area contributed by atoms with E-state index in [0.717, 1.165) is 22.4 Å². The summed E-state index contributed by atoms with van der Waals surface area (Å²) in [5.41, 5.74) is 4.20. The molecular weight excluding hydrogens is 473 g/mol. The predicted molar refractivity (Wildman–Crippen MR) is 136 cm³/mol. The van der Waals surface area contributed by atoms with E-state index in [1.54, 1.807) is 18.2 Å². The Labute approximate surface area is 206 Å². The van der Waals surface area contributed by atoms with Crippen LogP contribution in [-0.4, -0.2) is 16.6 Å². The Kier molecular flexibility index (Phi) is 7.31. The largest absolute Gasteiger partial charge is 0.324 e. The second-order valence-electron chi connectivity index (χ2n) is 7.02. The summed E-state index contributed by atoms with van der Waals surface area (Å²) in [4.78, 5) is 17.3. The topological polar surface area (TPSA) is 65.8 Å². The number of nitrogens with one attached hydrogen (secondary N) is 1. The second kappa shape index (κ2) is 10.5. The van der Waals surface area contributed by atoms with Gasteiger partial charge in [0, 0.05) is 11.1 Å². The standard InChI is InChI=1S/C26H17Cl2N3OS/c27-21-12-7-13-22(25(21)28)30-24(32)16-33-26-20(15-29)19(17-8-3-1-4-9-17)14-23(31-26)18-10-5-2-6-11-18/h1-14H,16H2,(H,30,32). The van der Waals surface area contributed by atoms with Gasteiger partial charge in [0.05, 0.1) is 32.7 Å². The van der Waals surface area contributed by atoms with E-state index in [-0.39, 0.29) is 16.7 Å². The molecular formula is C26H17Cl2N3OS. The molecule has 0 aliphatic carbocycles. The van der Waals surface area contributed by atoms with Gasteiger partial charge in [-0.05, 0) is 23.8 Å². The number of carbonyl (C=O) groups excluding carboxylic acids is 1. The summed E-state index contributed by atoms with van der Waals surface area (Å²) in [6.07, 6.45) is 0. The molecule has 0 fully saturated rings. The lowest BCUT2D eigenvalue weighted by Crippen LogP contribution is -2.14. The van der Waals surface area contributed by atoms with Crippen LogP contribution in [0.4, 0.5) is 5.69 Å². The van der Waals surface area contributed by atoms with Crippen LogP contribution in [0.3, 0.4) is 0 Å². The highest BCUT2D eigenvalue weighted by Gasteiger charge is 2.17. The van der Waals surface area contributed by atoms with Crippen LogP contribution < -0.4 is 5.32 Å². The highest BCUT2D eigenvalue weighted by Crippen LogP contribution is 2.34. The third-order valence-electron chi connectivity index (χ3n) is 4.82. The van der Waals surface area contributed by atoms with E-state index >= 15 is 0 Å². The number of anilines is 1. The minimum atomic E-state index is -0.277. The number of amides is 1. The van der Waals surface area contributed by atoms with Gasteiger partial charge in [-0.1, -0.05) is 102 Å². The number of pyridine rings is 1.